The Balaban J connectivity index is 1.03. The second kappa shape index (κ2) is 11.3. The Hall–Kier alpha value is -5.47. The molecule has 1 aromatic heterocycles. The van der Waals surface area contributed by atoms with Gasteiger partial charge in [0.1, 0.15) is 11.2 Å². The number of hydrogen-bond donors (Lipinski definition) is 0. The largest absolute Gasteiger partial charge is 0.456 e. The van der Waals surface area contributed by atoms with Gasteiger partial charge in [-0.2, -0.15) is 0 Å². The summed E-state index contributed by atoms with van der Waals surface area (Å²) in [5, 5.41) is 9.92. The van der Waals surface area contributed by atoms with E-state index in [9.17, 15) is 0 Å². The molecule has 236 valence electrons. The van der Waals surface area contributed by atoms with Gasteiger partial charge in [-0.15, -0.1) is 0 Å². The number of benzene rings is 6. The summed E-state index contributed by atoms with van der Waals surface area (Å²) >= 11 is 0. The van der Waals surface area contributed by atoms with Gasteiger partial charge in [0, 0.05) is 28.3 Å². The lowest BCUT2D eigenvalue weighted by atomic mass is 9.79. The van der Waals surface area contributed by atoms with Crippen LogP contribution >= 0.6 is 0 Å². The van der Waals surface area contributed by atoms with Crippen molar-refractivity contribution in [1.29, 1.82) is 0 Å². The van der Waals surface area contributed by atoms with Gasteiger partial charge < -0.3 is 4.42 Å². The Kier molecular flexibility index (Phi) is 6.59. The Morgan fingerprint density at radius 3 is 2.04 bits per heavy atom. The zero-order chi connectivity index (χ0) is 32.5. The molecule has 0 bridgehead atoms. The van der Waals surface area contributed by atoms with E-state index in [2.05, 4.69) is 153 Å². The molecule has 0 saturated heterocycles. The highest BCUT2D eigenvalue weighted by atomic mass is 16.3. The van der Waals surface area contributed by atoms with E-state index in [1.54, 1.807) is 0 Å². The van der Waals surface area contributed by atoms with Gasteiger partial charge in [0.05, 0.1) is 6.04 Å². The minimum atomic E-state index is 0.342. The molecular formula is C47H37NO. The van der Waals surface area contributed by atoms with Gasteiger partial charge in [-0.25, -0.2) is 0 Å². The molecule has 49 heavy (non-hydrogen) atoms. The number of rotatable bonds is 5. The highest BCUT2D eigenvalue weighted by molar-refractivity contribution is 6.20. The Labute approximate surface area is 286 Å². The molecule has 10 rings (SSSR count). The fourth-order valence-corrected chi connectivity index (χ4v) is 8.95. The summed E-state index contributed by atoms with van der Waals surface area (Å²) < 4.78 is 6.38. The van der Waals surface area contributed by atoms with Crippen LogP contribution in [0.1, 0.15) is 31.7 Å². The number of aliphatic imine (C=N–C) groups is 1. The lowest BCUT2D eigenvalue weighted by Crippen LogP contribution is -2.22. The van der Waals surface area contributed by atoms with Crippen LogP contribution in [-0.4, -0.2) is 11.8 Å². The van der Waals surface area contributed by atoms with Crippen molar-refractivity contribution in [3.63, 3.8) is 0 Å². The van der Waals surface area contributed by atoms with Crippen molar-refractivity contribution in [3.05, 3.63) is 151 Å². The van der Waals surface area contributed by atoms with Gasteiger partial charge in [0.2, 0.25) is 0 Å². The number of allylic oxidation sites excluding steroid dienone is 6. The van der Waals surface area contributed by atoms with E-state index in [4.69, 9.17) is 9.41 Å². The van der Waals surface area contributed by atoms with Crippen LogP contribution in [0.5, 0.6) is 0 Å². The first kappa shape index (κ1) is 28.5. The van der Waals surface area contributed by atoms with E-state index >= 15 is 0 Å². The van der Waals surface area contributed by atoms with Crippen molar-refractivity contribution in [2.45, 2.75) is 32.2 Å². The van der Waals surface area contributed by atoms with Crippen molar-refractivity contribution in [2.24, 2.45) is 22.7 Å². The Morgan fingerprint density at radius 2 is 1.31 bits per heavy atom. The maximum absolute atomic E-state index is 6.38. The summed E-state index contributed by atoms with van der Waals surface area (Å²) in [6.07, 6.45) is 19.8. The van der Waals surface area contributed by atoms with Crippen LogP contribution in [-0.2, 0) is 0 Å². The maximum atomic E-state index is 6.38. The fraction of sp³-hybridized carbons (Fsp3) is 0.170. The van der Waals surface area contributed by atoms with E-state index in [0.717, 1.165) is 28.4 Å². The molecule has 2 nitrogen and oxygen atoms in total. The van der Waals surface area contributed by atoms with E-state index in [1.807, 2.05) is 0 Å². The molecular weight excluding hydrogens is 595 g/mol. The quantitative estimate of drug-likeness (QED) is 0.174. The normalized spacial score (nSPS) is 21.7. The zero-order valence-corrected chi connectivity index (χ0v) is 27.6. The van der Waals surface area contributed by atoms with Gasteiger partial charge in [-0.3, -0.25) is 4.99 Å². The first-order valence-electron chi connectivity index (χ1n) is 17.8. The molecule has 0 N–H and O–H groups in total. The Morgan fingerprint density at radius 1 is 0.633 bits per heavy atom. The minimum Gasteiger partial charge on any atom is -0.456 e. The van der Waals surface area contributed by atoms with Crippen LogP contribution in [0.15, 0.2) is 155 Å². The predicted octanol–water partition coefficient (Wildman–Crippen LogP) is 12.7. The van der Waals surface area contributed by atoms with Crippen molar-refractivity contribution in [1.82, 2.24) is 0 Å². The van der Waals surface area contributed by atoms with E-state index in [1.165, 1.54) is 73.1 Å². The van der Waals surface area contributed by atoms with Crippen molar-refractivity contribution < 1.29 is 4.42 Å². The van der Waals surface area contributed by atoms with E-state index in [-0.39, 0.29) is 0 Å². The first-order chi connectivity index (χ1) is 24.2. The van der Waals surface area contributed by atoms with E-state index < -0.39 is 0 Å². The minimum absolute atomic E-state index is 0.342. The van der Waals surface area contributed by atoms with Gasteiger partial charge in [-0.1, -0.05) is 121 Å². The molecule has 0 amide bonds. The molecule has 3 unspecified atom stereocenters. The second-order valence-corrected chi connectivity index (χ2v) is 14.2. The average molecular weight is 632 g/mol. The first-order valence-corrected chi connectivity index (χ1v) is 17.8. The van der Waals surface area contributed by atoms with Crippen molar-refractivity contribution in [3.8, 4) is 11.1 Å². The summed E-state index contributed by atoms with van der Waals surface area (Å²) in [5.41, 5.74) is 8.35. The summed E-state index contributed by atoms with van der Waals surface area (Å²) in [7, 11) is 0. The van der Waals surface area contributed by atoms with Gasteiger partial charge in [0.25, 0.3) is 0 Å². The van der Waals surface area contributed by atoms with Crippen LogP contribution in [0.3, 0.4) is 0 Å². The topological polar surface area (TPSA) is 25.5 Å². The highest BCUT2D eigenvalue weighted by Crippen LogP contribution is 2.45. The molecule has 1 aliphatic heterocycles. The molecule has 0 spiro atoms. The van der Waals surface area contributed by atoms with Gasteiger partial charge in [-0.05, 0) is 111 Å². The smallest absolute Gasteiger partial charge is 0.136 e. The molecule has 0 fully saturated rings. The molecule has 0 radical (unpaired) electrons. The third kappa shape index (κ3) is 4.65. The summed E-state index contributed by atoms with van der Waals surface area (Å²) in [5.74, 6) is 1.65. The second-order valence-electron chi connectivity index (χ2n) is 14.2. The highest BCUT2D eigenvalue weighted by Gasteiger charge is 2.34. The third-order valence-corrected chi connectivity index (χ3v) is 11.4. The molecule has 0 saturated carbocycles. The monoisotopic (exact) mass is 631 g/mol. The molecule has 2 heteroatoms. The predicted molar refractivity (Wildman–Crippen MR) is 208 cm³/mol. The number of fused-ring (bicyclic) bond motifs is 7. The van der Waals surface area contributed by atoms with Crippen LogP contribution in [0.25, 0.3) is 71.0 Å². The molecule has 6 aromatic carbocycles. The summed E-state index contributed by atoms with van der Waals surface area (Å²) in [4.78, 5) is 4.97. The maximum Gasteiger partial charge on any atom is 0.136 e. The molecule has 4 atom stereocenters. The summed E-state index contributed by atoms with van der Waals surface area (Å²) in [6.45, 7) is 2.23. The van der Waals surface area contributed by atoms with Crippen molar-refractivity contribution in [2.75, 3.05) is 0 Å². The number of furan rings is 1. The third-order valence-electron chi connectivity index (χ3n) is 11.4. The van der Waals surface area contributed by atoms with E-state index in [0.29, 0.717) is 23.8 Å². The molecule has 3 aliphatic rings. The van der Waals surface area contributed by atoms with Gasteiger partial charge >= 0.3 is 0 Å². The lowest BCUT2D eigenvalue weighted by molar-refractivity contribution is 0.426. The fourth-order valence-electron chi connectivity index (χ4n) is 8.95. The number of nitrogens with zero attached hydrogens (tertiary/aromatic N) is 1. The lowest BCUT2D eigenvalue weighted by Gasteiger charge is -2.24. The Bertz CT molecular complexity index is 2570. The average Bonchev–Trinajstić information content (AvgIpc) is 3.67. The van der Waals surface area contributed by atoms with Crippen LogP contribution in [0.4, 0.5) is 0 Å². The SMILES string of the molecule is CC1=NC2C=CC=CC2[C@@H]1CCC1C=CC(c2c3ccccc3c(-c3ccc4oc5cc6ccccc6cc5c4c3)c3ccccc23)=CC1. The standard InChI is InChI=1S/C47H37NO/c1-29-35(36-12-8-9-17-43(36)48-29)24-20-30-18-21-31(22-19-30)46-37-13-4-6-15-39(37)47(40-16-7-5-14-38(40)46)34-23-25-44-41(27-34)42-26-32-10-2-3-11-33(32)28-45(42)49-44/h2-18,21-23,25-28,30,35-36,43H,19-20,24H2,1H3/t30?,35-,36?,43?/m1/s1. The van der Waals surface area contributed by atoms with Crippen LogP contribution < -0.4 is 0 Å². The molecule has 2 heterocycles. The van der Waals surface area contributed by atoms with Crippen LogP contribution in [0.2, 0.25) is 0 Å². The number of hydrogen-bond acceptors (Lipinski definition) is 2. The molecule has 2 aliphatic carbocycles. The van der Waals surface area contributed by atoms with Gasteiger partial charge in [0.15, 0.2) is 0 Å². The van der Waals surface area contributed by atoms with Crippen LogP contribution in [0, 0.1) is 17.8 Å². The summed E-state index contributed by atoms with van der Waals surface area (Å²) in [6, 6.07) is 38.0. The van der Waals surface area contributed by atoms with Crippen molar-refractivity contribution >= 4 is 65.5 Å². The molecule has 7 aromatic rings. The zero-order valence-electron chi connectivity index (χ0n) is 27.6.